The maximum atomic E-state index is 5.56. The smallest absolute Gasteiger partial charge is 0.0700 e. The molecule has 0 bridgehead atoms. The Hall–Kier alpha value is 0.400. The fraction of sp³-hybridized carbons (Fsp3) is 1.00. The van der Waals surface area contributed by atoms with Gasteiger partial charge in [-0.3, -0.25) is 0 Å². The molecule has 1 rings (SSSR count). The van der Waals surface area contributed by atoms with Gasteiger partial charge < -0.3 is 9.47 Å². The number of ether oxygens (including phenoxy) is 2. The van der Waals surface area contributed by atoms with Crippen molar-refractivity contribution in [2.45, 2.75) is 57.7 Å². The molecule has 0 aromatic rings. The van der Waals surface area contributed by atoms with Crippen LogP contribution in [-0.4, -0.2) is 31.8 Å². The minimum atomic E-state index is 0.416. The molecule has 2 nitrogen and oxygen atoms in total. The predicted octanol–water partition coefficient (Wildman–Crippen LogP) is 4.66. The summed E-state index contributed by atoms with van der Waals surface area (Å²) in [6, 6.07) is 0. The summed E-state index contributed by atoms with van der Waals surface area (Å²) >= 11 is 3.93. The van der Waals surface area contributed by atoms with Gasteiger partial charge in [0.25, 0.3) is 0 Å². The molecule has 0 aromatic carbocycles. The molecule has 19 heavy (non-hydrogen) atoms. The molecule has 0 N–H and O–H groups in total. The van der Waals surface area contributed by atoms with E-state index in [-0.39, 0.29) is 0 Å². The molecule has 0 radical (unpaired) electrons. The van der Waals surface area contributed by atoms with E-state index in [0.717, 1.165) is 31.5 Å². The van der Waals surface area contributed by atoms with Crippen LogP contribution in [0.25, 0.3) is 0 Å². The van der Waals surface area contributed by atoms with Gasteiger partial charge in [-0.05, 0) is 42.9 Å². The summed E-state index contributed by atoms with van der Waals surface area (Å²) in [5.41, 5.74) is 0.416. The van der Waals surface area contributed by atoms with Crippen molar-refractivity contribution in [2.24, 2.45) is 17.3 Å². The lowest BCUT2D eigenvalue weighted by Crippen LogP contribution is -2.35. The number of hydrogen-bond donors (Lipinski definition) is 0. The molecule has 3 heteroatoms. The van der Waals surface area contributed by atoms with Crippen LogP contribution in [0.2, 0.25) is 0 Å². The van der Waals surface area contributed by atoms with Crippen LogP contribution in [-0.2, 0) is 9.47 Å². The van der Waals surface area contributed by atoms with Gasteiger partial charge in [0.15, 0.2) is 0 Å². The van der Waals surface area contributed by atoms with Crippen molar-refractivity contribution < 1.29 is 9.47 Å². The van der Waals surface area contributed by atoms with Gasteiger partial charge in [0, 0.05) is 18.5 Å². The van der Waals surface area contributed by atoms with Crippen LogP contribution in [0.4, 0.5) is 0 Å². The van der Waals surface area contributed by atoms with Crippen LogP contribution in [0.1, 0.15) is 52.9 Å². The van der Waals surface area contributed by atoms with Gasteiger partial charge in [0.1, 0.15) is 0 Å². The average molecular weight is 335 g/mol. The average Bonchev–Trinajstić information content (AvgIpc) is 2.33. The van der Waals surface area contributed by atoms with E-state index in [1.54, 1.807) is 7.11 Å². The van der Waals surface area contributed by atoms with Crippen LogP contribution in [0, 0.1) is 17.3 Å². The summed E-state index contributed by atoms with van der Waals surface area (Å²) in [6.07, 6.45) is 6.50. The van der Waals surface area contributed by atoms with Gasteiger partial charge in [-0.2, -0.15) is 0 Å². The minimum Gasteiger partial charge on any atom is -0.382 e. The molecule has 1 aliphatic carbocycles. The summed E-state index contributed by atoms with van der Waals surface area (Å²) < 4.78 is 10.5. The number of alkyl halides is 1. The van der Waals surface area contributed by atoms with Crippen LogP contribution in [0.3, 0.4) is 0 Å². The first-order valence-corrected chi connectivity index (χ1v) is 8.59. The normalized spacial score (nSPS) is 28.6. The Morgan fingerprint density at radius 2 is 1.89 bits per heavy atom. The number of methoxy groups -OCH3 is 1. The van der Waals surface area contributed by atoms with Crippen molar-refractivity contribution in [3.8, 4) is 0 Å². The predicted molar refractivity (Wildman–Crippen MR) is 84.9 cm³/mol. The minimum absolute atomic E-state index is 0.416. The van der Waals surface area contributed by atoms with Crippen molar-refractivity contribution in [2.75, 3.05) is 26.9 Å². The monoisotopic (exact) mass is 334 g/mol. The SMILES string of the molecule is COCCOCCCC(C)(C)C1CCC(C)CC1Br. The Balaban J connectivity index is 2.26. The van der Waals surface area contributed by atoms with Crippen LogP contribution >= 0.6 is 15.9 Å². The first-order valence-electron chi connectivity index (χ1n) is 7.68. The lowest BCUT2D eigenvalue weighted by molar-refractivity contribution is 0.0579. The van der Waals surface area contributed by atoms with E-state index < -0.39 is 0 Å². The van der Waals surface area contributed by atoms with E-state index >= 15 is 0 Å². The van der Waals surface area contributed by atoms with Crippen LogP contribution in [0.15, 0.2) is 0 Å². The Morgan fingerprint density at radius 1 is 1.16 bits per heavy atom. The zero-order valence-corrected chi connectivity index (χ0v) is 14.7. The van der Waals surface area contributed by atoms with E-state index in [2.05, 4.69) is 36.7 Å². The quantitative estimate of drug-likeness (QED) is 0.475. The molecule has 1 saturated carbocycles. The third-order valence-electron chi connectivity index (χ3n) is 4.58. The summed E-state index contributed by atoms with van der Waals surface area (Å²) in [4.78, 5) is 0.695. The highest BCUT2D eigenvalue weighted by atomic mass is 79.9. The summed E-state index contributed by atoms with van der Waals surface area (Å²) in [5.74, 6) is 1.69. The lowest BCUT2D eigenvalue weighted by Gasteiger charge is -2.42. The molecule has 0 amide bonds. The highest BCUT2D eigenvalue weighted by molar-refractivity contribution is 9.09. The second-order valence-corrected chi connectivity index (χ2v) is 7.91. The second kappa shape index (κ2) is 8.63. The molecule has 0 heterocycles. The van der Waals surface area contributed by atoms with Crippen LogP contribution < -0.4 is 0 Å². The fourth-order valence-corrected chi connectivity index (χ4v) is 4.87. The molecule has 114 valence electrons. The first kappa shape index (κ1) is 17.5. The molecule has 3 atom stereocenters. The second-order valence-electron chi connectivity index (χ2n) is 6.74. The Labute approximate surface area is 127 Å². The topological polar surface area (TPSA) is 18.5 Å². The van der Waals surface area contributed by atoms with Crippen molar-refractivity contribution in [3.05, 3.63) is 0 Å². The van der Waals surface area contributed by atoms with E-state index in [4.69, 9.17) is 9.47 Å². The van der Waals surface area contributed by atoms with Gasteiger partial charge in [-0.15, -0.1) is 0 Å². The summed E-state index contributed by atoms with van der Waals surface area (Å²) in [7, 11) is 1.71. The highest BCUT2D eigenvalue weighted by Crippen LogP contribution is 2.45. The number of halogens is 1. The first-order chi connectivity index (χ1) is 8.97. The maximum absolute atomic E-state index is 5.56. The Bertz CT molecular complexity index is 243. The largest absolute Gasteiger partial charge is 0.382 e. The molecule has 0 aliphatic heterocycles. The molecule has 1 fully saturated rings. The zero-order valence-electron chi connectivity index (χ0n) is 13.1. The maximum Gasteiger partial charge on any atom is 0.0700 e. The van der Waals surface area contributed by atoms with Crippen molar-refractivity contribution in [1.29, 1.82) is 0 Å². The standard InChI is InChI=1S/C16H31BrO2/c1-13-6-7-14(15(17)12-13)16(2,3)8-5-9-19-11-10-18-4/h13-15H,5-12H2,1-4H3. The third kappa shape index (κ3) is 6.14. The fourth-order valence-electron chi connectivity index (χ4n) is 3.25. The van der Waals surface area contributed by atoms with Crippen molar-refractivity contribution in [3.63, 3.8) is 0 Å². The van der Waals surface area contributed by atoms with Crippen molar-refractivity contribution >= 4 is 15.9 Å². The highest BCUT2D eigenvalue weighted by Gasteiger charge is 2.37. The lowest BCUT2D eigenvalue weighted by atomic mass is 9.67. The molecule has 1 aliphatic rings. The van der Waals surface area contributed by atoms with Crippen molar-refractivity contribution in [1.82, 2.24) is 0 Å². The zero-order chi connectivity index (χ0) is 14.3. The van der Waals surface area contributed by atoms with Gasteiger partial charge in [0.05, 0.1) is 13.2 Å². The van der Waals surface area contributed by atoms with E-state index in [0.29, 0.717) is 16.8 Å². The number of hydrogen-bond acceptors (Lipinski definition) is 2. The molecule has 0 spiro atoms. The van der Waals surface area contributed by atoms with Gasteiger partial charge in [-0.25, -0.2) is 0 Å². The van der Waals surface area contributed by atoms with E-state index in [9.17, 15) is 0 Å². The van der Waals surface area contributed by atoms with Crippen LogP contribution in [0.5, 0.6) is 0 Å². The molecule has 0 aromatic heterocycles. The Kier molecular flexibility index (Phi) is 7.93. The van der Waals surface area contributed by atoms with E-state index in [1.165, 1.54) is 25.7 Å². The molecular weight excluding hydrogens is 304 g/mol. The Morgan fingerprint density at radius 3 is 2.53 bits per heavy atom. The molecule has 3 unspecified atom stereocenters. The van der Waals surface area contributed by atoms with Gasteiger partial charge >= 0.3 is 0 Å². The molecular formula is C16H31BrO2. The van der Waals surface area contributed by atoms with Gasteiger partial charge in [-0.1, -0.05) is 43.1 Å². The third-order valence-corrected chi connectivity index (χ3v) is 5.59. The summed E-state index contributed by atoms with van der Waals surface area (Å²) in [5, 5.41) is 0. The number of rotatable bonds is 8. The molecule has 0 saturated heterocycles. The van der Waals surface area contributed by atoms with Gasteiger partial charge in [0.2, 0.25) is 0 Å². The van der Waals surface area contributed by atoms with E-state index in [1.807, 2.05) is 0 Å². The summed E-state index contributed by atoms with van der Waals surface area (Å²) in [6.45, 7) is 9.52.